The number of carbonyl (C=O) groups excluding carboxylic acids is 1. The van der Waals surface area contributed by atoms with Crippen LogP contribution in [-0.2, 0) is 17.8 Å². The van der Waals surface area contributed by atoms with Crippen molar-refractivity contribution in [3.63, 3.8) is 0 Å². The third kappa shape index (κ3) is 5.34. The number of hydrogen-bond donors (Lipinski definition) is 1. The molecule has 1 aliphatic rings. The number of amides is 1. The Kier molecular flexibility index (Phi) is 6.53. The van der Waals surface area contributed by atoms with Crippen LogP contribution in [0, 0.1) is 5.92 Å². The molecule has 1 saturated heterocycles. The highest BCUT2D eigenvalue weighted by Gasteiger charge is 2.26. The van der Waals surface area contributed by atoms with Crippen molar-refractivity contribution in [1.29, 1.82) is 0 Å². The second-order valence-corrected chi connectivity index (χ2v) is 7.72. The van der Waals surface area contributed by atoms with Crippen molar-refractivity contribution < 1.29 is 4.79 Å². The number of anilines is 1. The number of rotatable bonds is 7. The summed E-state index contributed by atoms with van der Waals surface area (Å²) in [4.78, 5) is 15.0. The largest absolute Gasteiger partial charge is 0.300 e. The average Bonchev–Trinajstić information content (AvgIpc) is 3.08. The molecule has 1 aromatic carbocycles. The van der Waals surface area contributed by atoms with E-state index in [1.165, 1.54) is 16.9 Å². The summed E-state index contributed by atoms with van der Waals surface area (Å²) < 4.78 is 0. The summed E-state index contributed by atoms with van der Waals surface area (Å²) in [5.74, 6) is 0.108. The smallest absolute Gasteiger partial charge is 0.230 e. The van der Waals surface area contributed by atoms with Gasteiger partial charge in [-0.2, -0.15) is 0 Å². The molecular weight excluding hydrogens is 332 g/mol. The van der Waals surface area contributed by atoms with E-state index in [9.17, 15) is 4.79 Å². The first-order chi connectivity index (χ1) is 12.2. The molecule has 1 amide bonds. The normalized spacial score (nSPS) is 18.2. The topological polar surface area (TPSA) is 58.1 Å². The lowest BCUT2D eigenvalue weighted by Gasteiger charge is -2.31. The molecule has 0 aliphatic carbocycles. The number of unbranched alkanes of at least 4 members (excludes halogenated alkanes) is 1. The van der Waals surface area contributed by atoms with Gasteiger partial charge in [0.1, 0.15) is 5.01 Å². The Labute approximate surface area is 153 Å². The molecule has 2 heterocycles. The Morgan fingerprint density at radius 2 is 2.16 bits per heavy atom. The lowest BCUT2D eigenvalue weighted by molar-refractivity contribution is -0.121. The van der Waals surface area contributed by atoms with E-state index < -0.39 is 0 Å². The van der Waals surface area contributed by atoms with Crippen LogP contribution in [0.3, 0.4) is 0 Å². The van der Waals surface area contributed by atoms with Gasteiger partial charge >= 0.3 is 0 Å². The van der Waals surface area contributed by atoms with E-state index >= 15 is 0 Å². The molecular formula is C19H26N4OS. The highest BCUT2D eigenvalue weighted by atomic mass is 32.1. The first kappa shape index (κ1) is 18.0. The number of likely N-dealkylation sites (tertiary alicyclic amines) is 1. The van der Waals surface area contributed by atoms with Gasteiger partial charge in [0.05, 0.1) is 5.92 Å². The van der Waals surface area contributed by atoms with Crippen LogP contribution in [0.1, 0.15) is 43.2 Å². The minimum atomic E-state index is 0.0282. The highest BCUT2D eigenvalue weighted by Crippen LogP contribution is 2.22. The second kappa shape index (κ2) is 9.06. The van der Waals surface area contributed by atoms with Gasteiger partial charge in [0.25, 0.3) is 0 Å². The lowest BCUT2D eigenvalue weighted by atomic mass is 9.97. The molecule has 0 radical (unpaired) electrons. The Balaban J connectivity index is 1.52. The van der Waals surface area contributed by atoms with Crippen LogP contribution in [0.2, 0.25) is 0 Å². The summed E-state index contributed by atoms with van der Waals surface area (Å²) in [6.45, 7) is 4.93. The molecule has 0 spiro atoms. The van der Waals surface area contributed by atoms with Crippen molar-refractivity contribution in [3.8, 4) is 0 Å². The van der Waals surface area contributed by atoms with Gasteiger partial charge in [0.2, 0.25) is 11.0 Å². The monoisotopic (exact) mass is 358 g/mol. The fraction of sp³-hybridized carbons (Fsp3) is 0.526. The SMILES string of the molecule is CCCCc1nnc(NC(=O)C2CCCN(Cc3ccccc3)C2)s1. The van der Waals surface area contributed by atoms with Crippen molar-refractivity contribution in [1.82, 2.24) is 15.1 Å². The molecule has 1 unspecified atom stereocenters. The molecule has 1 fully saturated rings. The third-order valence-electron chi connectivity index (χ3n) is 4.57. The second-order valence-electron chi connectivity index (χ2n) is 6.65. The molecule has 134 valence electrons. The first-order valence-corrected chi connectivity index (χ1v) is 9.95. The van der Waals surface area contributed by atoms with Crippen molar-refractivity contribution in [3.05, 3.63) is 40.9 Å². The molecule has 1 aliphatic heterocycles. The van der Waals surface area contributed by atoms with Gasteiger partial charge in [-0.05, 0) is 31.4 Å². The zero-order chi connectivity index (χ0) is 17.5. The Morgan fingerprint density at radius 1 is 1.32 bits per heavy atom. The average molecular weight is 359 g/mol. The van der Waals surface area contributed by atoms with E-state index in [0.29, 0.717) is 5.13 Å². The summed E-state index contributed by atoms with van der Waals surface area (Å²) >= 11 is 1.50. The molecule has 0 bridgehead atoms. The highest BCUT2D eigenvalue weighted by molar-refractivity contribution is 7.15. The predicted molar refractivity (Wildman–Crippen MR) is 102 cm³/mol. The number of benzene rings is 1. The summed E-state index contributed by atoms with van der Waals surface area (Å²) in [6, 6.07) is 10.4. The number of aryl methyl sites for hydroxylation is 1. The Bertz CT molecular complexity index is 673. The van der Waals surface area contributed by atoms with E-state index in [1.807, 2.05) is 6.07 Å². The van der Waals surface area contributed by atoms with E-state index in [1.54, 1.807) is 0 Å². The van der Waals surface area contributed by atoms with Crippen LogP contribution >= 0.6 is 11.3 Å². The summed E-state index contributed by atoms with van der Waals surface area (Å²) in [5.41, 5.74) is 1.30. The van der Waals surface area contributed by atoms with E-state index in [2.05, 4.69) is 51.6 Å². The summed E-state index contributed by atoms with van der Waals surface area (Å²) in [7, 11) is 0. The fourth-order valence-corrected chi connectivity index (χ4v) is 3.98. The fourth-order valence-electron chi connectivity index (χ4n) is 3.20. The van der Waals surface area contributed by atoms with Crippen LogP contribution in [0.5, 0.6) is 0 Å². The number of hydrogen-bond acceptors (Lipinski definition) is 5. The quantitative estimate of drug-likeness (QED) is 0.819. The summed E-state index contributed by atoms with van der Waals surface area (Å²) in [6.07, 6.45) is 5.19. The van der Waals surface area contributed by atoms with Gasteiger partial charge in [0, 0.05) is 19.5 Å². The molecule has 0 saturated carbocycles. The van der Waals surface area contributed by atoms with E-state index in [4.69, 9.17) is 0 Å². The maximum atomic E-state index is 12.6. The molecule has 5 nitrogen and oxygen atoms in total. The van der Waals surface area contributed by atoms with Crippen molar-refractivity contribution in [2.75, 3.05) is 18.4 Å². The zero-order valence-electron chi connectivity index (χ0n) is 14.8. The van der Waals surface area contributed by atoms with Crippen LogP contribution in [0.4, 0.5) is 5.13 Å². The van der Waals surface area contributed by atoms with Gasteiger partial charge in [-0.25, -0.2) is 0 Å². The Morgan fingerprint density at radius 3 is 2.96 bits per heavy atom. The van der Waals surface area contributed by atoms with Crippen LogP contribution in [0.15, 0.2) is 30.3 Å². The maximum absolute atomic E-state index is 12.6. The van der Waals surface area contributed by atoms with E-state index in [-0.39, 0.29) is 11.8 Å². The number of nitrogens with zero attached hydrogens (tertiary/aromatic N) is 3. The van der Waals surface area contributed by atoms with Crippen LogP contribution in [-0.4, -0.2) is 34.1 Å². The molecule has 1 aromatic heterocycles. The number of aromatic nitrogens is 2. The van der Waals surface area contributed by atoms with Gasteiger partial charge < -0.3 is 5.32 Å². The van der Waals surface area contributed by atoms with Crippen molar-refractivity contribution >= 4 is 22.4 Å². The number of nitrogens with one attached hydrogen (secondary N) is 1. The lowest BCUT2D eigenvalue weighted by Crippen LogP contribution is -2.40. The molecule has 1 atom stereocenters. The van der Waals surface area contributed by atoms with Crippen LogP contribution < -0.4 is 5.32 Å². The van der Waals surface area contributed by atoms with E-state index in [0.717, 1.165) is 56.7 Å². The number of piperidine rings is 1. The van der Waals surface area contributed by atoms with Gasteiger partial charge in [-0.1, -0.05) is 55.0 Å². The minimum Gasteiger partial charge on any atom is -0.300 e. The minimum absolute atomic E-state index is 0.0282. The zero-order valence-corrected chi connectivity index (χ0v) is 15.6. The molecule has 25 heavy (non-hydrogen) atoms. The third-order valence-corrected chi connectivity index (χ3v) is 5.46. The summed E-state index contributed by atoms with van der Waals surface area (Å²) in [5, 5.41) is 12.9. The number of carbonyl (C=O) groups is 1. The van der Waals surface area contributed by atoms with Crippen molar-refractivity contribution in [2.24, 2.45) is 5.92 Å². The van der Waals surface area contributed by atoms with Gasteiger partial charge in [-0.15, -0.1) is 10.2 Å². The molecule has 2 aromatic rings. The first-order valence-electron chi connectivity index (χ1n) is 9.14. The molecule has 6 heteroatoms. The predicted octanol–water partition coefficient (Wildman–Crippen LogP) is 3.73. The van der Waals surface area contributed by atoms with Crippen molar-refractivity contribution in [2.45, 2.75) is 45.6 Å². The Hall–Kier alpha value is -1.79. The molecule has 3 rings (SSSR count). The standard InChI is InChI=1S/C19H26N4OS/c1-2-3-11-17-21-22-19(25-17)20-18(24)16-10-7-12-23(14-16)13-15-8-5-4-6-9-15/h4-6,8-9,16H,2-3,7,10-14H2,1H3,(H,20,22,24). The van der Waals surface area contributed by atoms with Gasteiger partial charge in [0.15, 0.2) is 0 Å². The van der Waals surface area contributed by atoms with Gasteiger partial charge in [-0.3, -0.25) is 9.69 Å². The maximum Gasteiger partial charge on any atom is 0.230 e. The molecule has 1 N–H and O–H groups in total. The van der Waals surface area contributed by atoms with Crippen LogP contribution in [0.25, 0.3) is 0 Å².